The molecule has 0 fully saturated rings. The van der Waals surface area contributed by atoms with Gasteiger partial charge < -0.3 is 10.1 Å². The van der Waals surface area contributed by atoms with Gasteiger partial charge in [-0.1, -0.05) is 39.8 Å². The first-order valence-electron chi connectivity index (χ1n) is 8.28. The lowest BCUT2D eigenvalue weighted by Crippen LogP contribution is -2.26. The second-order valence-electron chi connectivity index (χ2n) is 7.22. The molecule has 2 heteroatoms. The number of rotatable bonds is 9. The van der Waals surface area contributed by atoms with E-state index in [4.69, 9.17) is 4.74 Å². The van der Waals surface area contributed by atoms with Crippen LogP contribution in [0.2, 0.25) is 0 Å². The zero-order chi connectivity index (χ0) is 15.7. The van der Waals surface area contributed by atoms with Crippen LogP contribution in [0.3, 0.4) is 0 Å². The molecule has 0 bridgehead atoms. The van der Waals surface area contributed by atoms with Crippen LogP contribution in [0.1, 0.15) is 52.5 Å². The fourth-order valence-electron chi connectivity index (χ4n) is 2.49. The number of benzene rings is 1. The van der Waals surface area contributed by atoms with Crippen molar-refractivity contribution in [3.05, 3.63) is 29.8 Å². The number of ether oxygens (including phenoxy) is 1. The molecule has 120 valence electrons. The highest BCUT2D eigenvalue weighted by Gasteiger charge is 2.15. The highest BCUT2D eigenvalue weighted by molar-refractivity contribution is 5.27. The van der Waals surface area contributed by atoms with E-state index in [1.54, 1.807) is 7.11 Å². The molecule has 1 rings (SSSR count). The molecule has 0 aliphatic carbocycles. The molecule has 0 aromatic heterocycles. The van der Waals surface area contributed by atoms with Crippen molar-refractivity contribution in [1.29, 1.82) is 0 Å². The Hall–Kier alpha value is -1.02. The molecule has 0 heterocycles. The van der Waals surface area contributed by atoms with Gasteiger partial charge >= 0.3 is 0 Å². The predicted octanol–water partition coefficient (Wildman–Crippen LogP) is 4.68. The largest absolute Gasteiger partial charge is 0.497 e. The molecule has 0 spiro atoms. The fraction of sp³-hybridized carbons (Fsp3) is 0.684. The first-order valence-corrected chi connectivity index (χ1v) is 8.28. The van der Waals surface area contributed by atoms with E-state index < -0.39 is 0 Å². The van der Waals surface area contributed by atoms with Crippen molar-refractivity contribution in [2.75, 3.05) is 20.2 Å². The third kappa shape index (κ3) is 8.11. The third-order valence-corrected chi connectivity index (χ3v) is 3.85. The van der Waals surface area contributed by atoms with Gasteiger partial charge in [-0.05, 0) is 67.8 Å². The lowest BCUT2D eigenvalue weighted by Gasteiger charge is -2.23. The normalized spacial score (nSPS) is 13.2. The van der Waals surface area contributed by atoms with Crippen LogP contribution >= 0.6 is 0 Å². The van der Waals surface area contributed by atoms with Gasteiger partial charge in [0.25, 0.3) is 0 Å². The van der Waals surface area contributed by atoms with Gasteiger partial charge in [0.1, 0.15) is 5.75 Å². The smallest absolute Gasteiger partial charge is 0.118 e. The summed E-state index contributed by atoms with van der Waals surface area (Å²) < 4.78 is 5.23. The van der Waals surface area contributed by atoms with Crippen LogP contribution in [0.5, 0.6) is 5.75 Å². The topological polar surface area (TPSA) is 21.3 Å². The van der Waals surface area contributed by atoms with Gasteiger partial charge in [-0.2, -0.15) is 0 Å². The average Bonchev–Trinajstić information content (AvgIpc) is 2.45. The first-order chi connectivity index (χ1) is 9.94. The first kappa shape index (κ1) is 18.0. The van der Waals surface area contributed by atoms with Crippen molar-refractivity contribution < 1.29 is 4.74 Å². The van der Waals surface area contributed by atoms with Crippen molar-refractivity contribution >= 4 is 0 Å². The molecule has 0 aliphatic heterocycles. The maximum Gasteiger partial charge on any atom is 0.118 e. The second kappa shape index (κ2) is 9.09. The minimum atomic E-state index is 0.420. The van der Waals surface area contributed by atoms with Crippen LogP contribution in [-0.4, -0.2) is 20.2 Å². The van der Waals surface area contributed by atoms with Gasteiger partial charge in [0, 0.05) is 0 Å². The van der Waals surface area contributed by atoms with E-state index in [0.29, 0.717) is 11.3 Å². The molecule has 1 aromatic carbocycles. The summed E-state index contributed by atoms with van der Waals surface area (Å²) >= 11 is 0. The average molecular weight is 291 g/mol. The lowest BCUT2D eigenvalue weighted by atomic mass is 9.84. The Morgan fingerprint density at radius 3 is 2.33 bits per heavy atom. The summed E-state index contributed by atoms with van der Waals surface area (Å²) in [7, 11) is 1.72. The lowest BCUT2D eigenvalue weighted by molar-refractivity contribution is 0.314. The molecule has 1 aromatic rings. The van der Waals surface area contributed by atoms with E-state index in [2.05, 4.69) is 57.3 Å². The van der Waals surface area contributed by atoms with Crippen LogP contribution in [0.25, 0.3) is 0 Å². The maximum absolute atomic E-state index is 5.23. The predicted molar refractivity (Wildman–Crippen MR) is 92.0 cm³/mol. The van der Waals surface area contributed by atoms with E-state index in [1.807, 2.05) is 0 Å². The molecule has 0 saturated carbocycles. The van der Waals surface area contributed by atoms with E-state index in [-0.39, 0.29) is 0 Å². The van der Waals surface area contributed by atoms with Crippen molar-refractivity contribution in [3.8, 4) is 5.75 Å². The van der Waals surface area contributed by atoms with E-state index in [9.17, 15) is 0 Å². The van der Waals surface area contributed by atoms with Crippen molar-refractivity contribution in [2.24, 2.45) is 11.3 Å². The molecule has 1 N–H and O–H groups in total. The number of hydrogen-bond donors (Lipinski definition) is 1. The molecular weight excluding hydrogens is 258 g/mol. The molecule has 21 heavy (non-hydrogen) atoms. The minimum absolute atomic E-state index is 0.420. The zero-order valence-corrected chi connectivity index (χ0v) is 14.5. The van der Waals surface area contributed by atoms with E-state index in [0.717, 1.165) is 25.3 Å². The summed E-state index contributed by atoms with van der Waals surface area (Å²) in [4.78, 5) is 0. The SMILES string of the molecule is CCCNCC(CCC(C)(C)C)Cc1ccc(OC)cc1. The van der Waals surface area contributed by atoms with Crippen molar-refractivity contribution in [2.45, 2.75) is 53.4 Å². The Morgan fingerprint density at radius 2 is 1.81 bits per heavy atom. The summed E-state index contributed by atoms with van der Waals surface area (Å²) in [6.45, 7) is 11.5. The molecule has 0 amide bonds. The molecule has 0 saturated heterocycles. The Balaban J connectivity index is 2.56. The molecule has 0 aliphatic rings. The summed E-state index contributed by atoms with van der Waals surface area (Å²) in [5.41, 5.74) is 1.83. The Kier molecular flexibility index (Phi) is 7.81. The second-order valence-corrected chi connectivity index (χ2v) is 7.22. The van der Waals surface area contributed by atoms with E-state index >= 15 is 0 Å². The van der Waals surface area contributed by atoms with Gasteiger partial charge in [-0.25, -0.2) is 0 Å². The van der Waals surface area contributed by atoms with Crippen molar-refractivity contribution in [3.63, 3.8) is 0 Å². The van der Waals surface area contributed by atoms with Gasteiger partial charge in [0.15, 0.2) is 0 Å². The molecule has 1 atom stereocenters. The Labute approximate surface area is 131 Å². The fourth-order valence-corrected chi connectivity index (χ4v) is 2.49. The standard InChI is InChI=1S/C19H33NO/c1-6-13-20-15-17(11-12-19(2,3)4)14-16-7-9-18(21-5)10-8-16/h7-10,17,20H,6,11-15H2,1-5H3. The monoisotopic (exact) mass is 291 g/mol. The summed E-state index contributed by atoms with van der Waals surface area (Å²) in [5.74, 6) is 1.65. The van der Waals surface area contributed by atoms with Gasteiger partial charge in [0.05, 0.1) is 7.11 Å². The number of hydrogen-bond acceptors (Lipinski definition) is 2. The van der Waals surface area contributed by atoms with Gasteiger partial charge in [-0.15, -0.1) is 0 Å². The quantitative estimate of drug-likeness (QED) is 0.667. The number of nitrogens with one attached hydrogen (secondary N) is 1. The van der Waals surface area contributed by atoms with Crippen molar-refractivity contribution in [1.82, 2.24) is 5.32 Å². The highest BCUT2D eigenvalue weighted by Crippen LogP contribution is 2.25. The van der Waals surface area contributed by atoms with Crippen LogP contribution < -0.4 is 10.1 Å². The maximum atomic E-state index is 5.23. The Morgan fingerprint density at radius 1 is 1.14 bits per heavy atom. The Bertz CT molecular complexity index is 378. The van der Waals surface area contributed by atoms with Crippen LogP contribution in [0.15, 0.2) is 24.3 Å². The summed E-state index contributed by atoms with van der Waals surface area (Å²) in [6, 6.07) is 8.52. The van der Waals surface area contributed by atoms with Crippen LogP contribution in [-0.2, 0) is 6.42 Å². The third-order valence-electron chi connectivity index (χ3n) is 3.85. The zero-order valence-electron chi connectivity index (χ0n) is 14.5. The van der Waals surface area contributed by atoms with Crippen LogP contribution in [0.4, 0.5) is 0 Å². The minimum Gasteiger partial charge on any atom is -0.497 e. The van der Waals surface area contributed by atoms with Crippen LogP contribution in [0, 0.1) is 11.3 Å². The molecule has 2 nitrogen and oxygen atoms in total. The molecular formula is C19H33NO. The van der Waals surface area contributed by atoms with Gasteiger partial charge in [0.2, 0.25) is 0 Å². The summed E-state index contributed by atoms with van der Waals surface area (Å²) in [6.07, 6.45) is 4.92. The molecule has 1 unspecified atom stereocenters. The number of methoxy groups -OCH3 is 1. The van der Waals surface area contributed by atoms with E-state index in [1.165, 1.54) is 24.8 Å². The van der Waals surface area contributed by atoms with Gasteiger partial charge in [-0.3, -0.25) is 0 Å². The summed E-state index contributed by atoms with van der Waals surface area (Å²) in [5, 5.41) is 3.59. The highest BCUT2D eigenvalue weighted by atomic mass is 16.5. The molecule has 0 radical (unpaired) electrons.